The minimum absolute atomic E-state index is 0.0170. The standard InChI is InChI=1S/C10H9ClF3N3O/c1-5(2)17-9(18)16-4-6(10(12,13)14)3-7(11)8(16)15-17/h3-5H,1-2H3. The molecule has 0 bridgehead atoms. The fourth-order valence-electron chi connectivity index (χ4n) is 1.54. The molecule has 2 heterocycles. The predicted octanol–water partition coefficient (Wildman–Crippen LogP) is 2.75. The summed E-state index contributed by atoms with van der Waals surface area (Å²) in [5, 5.41) is 3.70. The highest BCUT2D eigenvalue weighted by atomic mass is 35.5. The third-order valence-corrected chi connectivity index (χ3v) is 2.69. The van der Waals surface area contributed by atoms with Crippen LogP contribution >= 0.6 is 11.6 Å². The monoisotopic (exact) mass is 279 g/mol. The predicted molar refractivity (Wildman–Crippen MR) is 59.8 cm³/mol. The first kappa shape index (κ1) is 12.9. The molecule has 0 aliphatic rings. The van der Waals surface area contributed by atoms with Gasteiger partial charge in [0.1, 0.15) is 0 Å². The molecule has 2 aromatic rings. The van der Waals surface area contributed by atoms with Gasteiger partial charge < -0.3 is 0 Å². The molecule has 98 valence electrons. The first-order valence-corrected chi connectivity index (χ1v) is 5.47. The van der Waals surface area contributed by atoms with E-state index in [1.165, 1.54) is 0 Å². The van der Waals surface area contributed by atoms with E-state index in [4.69, 9.17) is 11.6 Å². The van der Waals surface area contributed by atoms with E-state index in [0.29, 0.717) is 6.20 Å². The molecule has 0 amide bonds. The molecule has 0 aliphatic heterocycles. The van der Waals surface area contributed by atoms with Gasteiger partial charge in [-0.05, 0) is 19.9 Å². The summed E-state index contributed by atoms with van der Waals surface area (Å²) in [6, 6.07) is 0.497. The Morgan fingerprint density at radius 1 is 1.39 bits per heavy atom. The maximum Gasteiger partial charge on any atom is 0.417 e. The highest BCUT2D eigenvalue weighted by molar-refractivity contribution is 6.33. The Morgan fingerprint density at radius 3 is 2.50 bits per heavy atom. The number of nitrogens with zero attached hydrogens (tertiary/aromatic N) is 3. The molecular weight excluding hydrogens is 271 g/mol. The van der Waals surface area contributed by atoms with Gasteiger partial charge >= 0.3 is 11.9 Å². The van der Waals surface area contributed by atoms with Crippen molar-refractivity contribution in [1.29, 1.82) is 0 Å². The quantitative estimate of drug-likeness (QED) is 0.805. The lowest BCUT2D eigenvalue weighted by Gasteiger charge is -2.06. The summed E-state index contributed by atoms with van der Waals surface area (Å²) in [4.78, 5) is 11.8. The van der Waals surface area contributed by atoms with Gasteiger partial charge in [0.25, 0.3) is 0 Å². The maximum atomic E-state index is 12.6. The summed E-state index contributed by atoms with van der Waals surface area (Å²) in [6.45, 7) is 3.40. The van der Waals surface area contributed by atoms with Crippen LogP contribution in [0, 0.1) is 0 Å². The van der Waals surface area contributed by atoms with Gasteiger partial charge in [0.05, 0.1) is 16.6 Å². The van der Waals surface area contributed by atoms with E-state index in [-0.39, 0.29) is 16.7 Å². The second-order valence-electron chi connectivity index (χ2n) is 4.09. The Balaban J connectivity index is 2.81. The highest BCUT2D eigenvalue weighted by Gasteiger charge is 2.32. The van der Waals surface area contributed by atoms with Crippen LogP contribution in [-0.4, -0.2) is 14.2 Å². The molecule has 0 saturated heterocycles. The number of alkyl halides is 3. The molecule has 0 spiro atoms. The van der Waals surface area contributed by atoms with Gasteiger partial charge in [-0.1, -0.05) is 11.6 Å². The zero-order valence-corrected chi connectivity index (χ0v) is 10.2. The van der Waals surface area contributed by atoms with Crippen molar-refractivity contribution in [3.8, 4) is 0 Å². The molecule has 0 saturated carbocycles. The van der Waals surface area contributed by atoms with Gasteiger partial charge in [0, 0.05) is 6.20 Å². The van der Waals surface area contributed by atoms with Crippen molar-refractivity contribution in [3.05, 3.63) is 33.3 Å². The number of hydrogen-bond acceptors (Lipinski definition) is 2. The minimum Gasteiger partial charge on any atom is -0.248 e. The molecule has 4 nitrogen and oxygen atoms in total. The van der Waals surface area contributed by atoms with Crippen molar-refractivity contribution in [2.45, 2.75) is 26.1 Å². The topological polar surface area (TPSA) is 39.3 Å². The van der Waals surface area contributed by atoms with Crippen molar-refractivity contribution in [2.75, 3.05) is 0 Å². The maximum absolute atomic E-state index is 12.6. The summed E-state index contributed by atoms with van der Waals surface area (Å²) in [5.41, 5.74) is -1.61. The Bertz CT molecular complexity index is 657. The SMILES string of the molecule is CC(C)n1nc2c(Cl)cc(C(F)(F)F)cn2c1=O. The van der Waals surface area contributed by atoms with Gasteiger partial charge in [-0.25, -0.2) is 13.9 Å². The number of aromatic nitrogens is 3. The number of hydrogen-bond donors (Lipinski definition) is 0. The molecular formula is C10H9ClF3N3O. The zero-order chi connectivity index (χ0) is 13.7. The van der Waals surface area contributed by atoms with E-state index < -0.39 is 17.4 Å². The Morgan fingerprint density at radius 2 is 2.00 bits per heavy atom. The van der Waals surface area contributed by atoms with Crippen LogP contribution in [0.25, 0.3) is 5.65 Å². The fourth-order valence-corrected chi connectivity index (χ4v) is 1.79. The van der Waals surface area contributed by atoms with Crippen LogP contribution in [0.2, 0.25) is 5.02 Å². The second-order valence-corrected chi connectivity index (χ2v) is 4.50. The Hall–Kier alpha value is -1.50. The van der Waals surface area contributed by atoms with E-state index in [0.717, 1.165) is 15.1 Å². The average molecular weight is 280 g/mol. The van der Waals surface area contributed by atoms with Crippen LogP contribution in [0.5, 0.6) is 0 Å². The molecule has 2 rings (SSSR count). The van der Waals surface area contributed by atoms with Gasteiger partial charge in [0.2, 0.25) is 0 Å². The van der Waals surface area contributed by atoms with E-state index in [1.807, 2.05) is 0 Å². The van der Waals surface area contributed by atoms with Crippen LogP contribution in [0.3, 0.4) is 0 Å². The second kappa shape index (κ2) is 4.01. The van der Waals surface area contributed by atoms with Gasteiger partial charge in [-0.2, -0.15) is 13.2 Å². The Kier molecular flexibility index (Phi) is 2.89. The van der Waals surface area contributed by atoms with E-state index >= 15 is 0 Å². The summed E-state index contributed by atoms with van der Waals surface area (Å²) in [6.07, 6.45) is -3.85. The third-order valence-electron chi connectivity index (χ3n) is 2.41. The molecule has 8 heteroatoms. The summed E-state index contributed by atoms with van der Waals surface area (Å²) >= 11 is 5.72. The number of fused-ring (bicyclic) bond motifs is 1. The lowest BCUT2D eigenvalue weighted by atomic mass is 10.3. The Labute approximate surface area is 105 Å². The minimum atomic E-state index is -4.56. The number of rotatable bonds is 1. The molecule has 0 unspecified atom stereocenters. The smallest absolute Gasteiger partial charge is 0.248 e. The van der Waals surface area contributed by atoms with Crippen molar-refractivity contribution >= 4 is 17.2 Å². The lowest BCUT2D eigenvalue weighted by Crippen LogP contribution is -2.23. The fraction of sp³-hybridized carbons (Fsp3) is 0.400. The van der Waals surface area contributed by atoms with Gasteiger partial charge in [-0.15, -0.1) is 5.10 Å². The highest BCUT2D eigenvalue weighted by Crippen LogP contribution is 2.31. The number of pyridine rings is 1. The lowest BCUT2D eigenvalue weighted by molar-refractivity contribution is -0.137. The van der Waals surface area contributed by atoms with Crippen LogP contribution in [0.4, 0.5) is 13.2 Å². The summed E-state index contributed by atoms with van der Waals surface area (Å²) in [7, 11) is 0. The van der Waals surface area contributed by atoms with E-state index in [1.54, 1.807) is 13.8 Å². The molecule has 0 N–H and O–H groups in total. The summed E-state index contributed by atoms with van der Waals surface area (Å²) in [5.74, 6) is 0. The van der Waals surface area contributed by atoms with Gasteiger partial charge in [0.15, 0.2) is 5.65 Å². The van der Waals surface area contributed by atoms with Crippen LogP contribution in [0.15, 0.2) is 17.1 Å². The van der Waals surface area contributed by atoms with Crippen molar-refractivity contribution in [3.63, 3.8) is 0 Å². The van der Waals surface area contributed by atoms with Crippen molar-refractivity contribution in [1.82, 2.24) is 14.2 Å². The number of halogens is 4. The summed E-state index contributed by atoms with van der Waals surface area (Å²) < 4.78 is 39.7. The molecule has 0 fully saturated rings. The molecule has 0 aliphatic carbocycles. The average Bonchev–Trinajstić information content (AvgIpc) is 2.56. The first-order valence-electron chi connectivity index (χ1n) is 5.09. The molecule has 2 aromatic heterocycles. The van der Waals surface area contributed by atoms with E-state index in [2.05, 4.69) is 5.10 Å². The largest absolute Gasteiger partial charge is 0.417 e. The first-order chi connectivity index (χ1) is 8.21. The molecule has 0 atom stereocenters. The third kappa shape index (κ3) is 1.98. The van der Waals surface area contributed by atoms with Crippen LogP contribution < -0.4 is 5.69 Å². The van der Waals surface area contributed by atoms with Gasteiger partial charge in [-0.3, -0.25) is 0 Å². The normalized spacial score (nSPS) is 12.6. The van der Waals surface area contributed by atoms with Crippen molar-refractivity contribution in [2.24, 2.45) is 0 Å². The molecule has 0 radical (unpaired) electrons. The zero-order valence-electron chi connectivity index (χ0n) is 9.49. The molecule has 18 heavy (non-hydrogen) atoms. The van der Waals surface area contributed by atoms with Crippen LogP contribution in [0.1, 0.15) is 25.5 Å². The van der Waals surface area contributed by atoms with E-state index in [9.17, 15) is 18.0 Å². The van der Waals surface area contributed by atoms with Crippen LogP contribution in [-0.2, 0) is 6.18 Å². The molecule has 0 aromatic carbocycles. The van der Waals surface area contributed by atoms with Crippen molar-refractivity contribution < 1.29 is 13.2 Å².